The number of alkyl carbamates (subject to hydrolysis) is 1. The highest BCUT2D eigenvalue weighted by molar-refractivity contribution is 5.68. The second-order valence-corrected chi connectivity index (χ2v) is 5.60. The molecule has 3 nitrogen and oxygen atoms in total. The fourth-order valence-electron chi connectivity index (χ4n) is 1.88. The van der Waals surface area contributed by atoms with Gasteiger partial charge in [0, 0.05) is 6.04 Å². The second-order valence-electron chi connectivity index (χ2n) is 5.60. The average Bonchev–Trinajstić information content (AvgIpc) is 2.05. The monoisotopic (exact) mass is 213 g/mol. The number of hydrogen-bond donors (Lipinski definition) is 1. The van der Waals surface area contributed by atoms with E-state index in [0.29, 0.717) is 6.04 Å². The molecule has 0 aliphatic heterocycles. The number of carbonyl (C=O) groups excluding carboxylic acids is 1. The lowest BCUT2D eigenvalue weighted by Gasteiger charge is -2.28. The maximum Gasteiger partial charge on any atom is 0.407 e. The zero-order chi connectivity index (χ0) is 11.5. The highest BCUT2D eigenvalue weighted by atomic mass is 16.6. The van der Waals surface area contributed by atoms with E-state index in [-0.39, 0.29) is 6.09 Å². The third kappa shape index (κ3) is 5.05. The molecule has 1 amide bonds. The normalized spacial score (nSPS) is 27.2. The molecule has 0 saturated heterocycles. The van der Waals surface area contributed by atoms with Crippen LogP contribution < -0.4 is 5.32 Å². The summed E-state index contributed by atoms with van der Waals surface area (Å²) < 4.78 is 5.22. The minimum absolute atomic E-state index is 0.276. The lowest BCUT2D eigenvalue weighted by molar-refractivity contribution is 0.0488. The van der Waals surface area contributed by atoms with Gasteiger partial charge in [-0.1, -0.05) is 6.92 Å². The number of rotatable bonds is 1. The molecular weight excluding hydrogens is 190 g/mol. The molecule has 15 heavy (non-hydrogen) atoms. The summed E-state index contributed by atoms with van der Waals surface area (Å²) in [6, 6.07) is 0.316. The van der Waals surface area contributed by atoms with Gasteiger partial charge in [-0.3, -0.25) is 0 Å². The first-order valence-electron chi connectivity index (χ1n) is 5.86. The molecule has 0 unspecified atom stereocenters. The van der Waals surface area contributed by atoms with Gasteiger partial charge in [0.15, 0.2) is 0 Å². The Balaban J connectivity index is 2.27. The number of nitrogens with one attached hydrogen (secondary N) is 1. The molecule has 0 aromatic carbocycles. The van der Waals surface area contributed by atoms with Gasteiger partial charge >= 0.3 is 6.09 Å². The SMILES string of the molecule is CC(C)(C)OC(=O)N[C@H]1CC[C@H](C)CC1. The smallest absolute Gasteiger partial charge is 0.407 e. The Morgan fingerprint density at radius 2 is 1.73 bits per heavy atom. The number of carbonyl (C=O) groups is 1. The van der Waals surface area contributed by atoms with Crippen molar-refractivity contribution in [2.45, 2.75) is 65.0 Å². The molecular formula is C12H23NO2. The summed E-state index contributed by atoms with van der Waals surface area (Å²) in [7, 11) is 0. The predicted octanol–water partition coefficient (Wildman–Crippen LogP) is 3.09. The number of ether oxygens (including phenoxy) is 1. The lowest BCUT2D eigenvalue weighted by Crippen LogP contribution is -2.40. The molecule has 0 aromatic rings. The molecule has 1 aliphatic rings. The van der Waals surface area contributed by atoms with E-state index in [1.54, 1.807) is 0 Å². The van der Waals surface area contributed by atoms with E-state index >= 15 is 0 Å². The summed E-state index contributed by atoms with van der Waals surface area (Å²) in [4.78, 5) is 11.5. The maximum atomic E-state index is 11.5. The molecule has 88 valence electrons. The first kappa shape index (κ1) is 12.3. The van der Waals surface area contributed by atoms with Crippen LogP contribution in [-0.4, -0.2) is 17.7 Å². The largest absolute Gasteiger partial charge is 0.444 e. The van der Waals surface area contributed by atoms with E-state index < -0.39 is 5.60 Å². The zero-order valence-corrected chi connectivity index (χ0v) is 10.3. The van der Waals surface area contributed by atoms with E-state index in [0.717, 1.165) is 18.8 Å². The minimum atomic E-state index is -0.397. The Morgan fingerprint density at radius 1 is 1.20 bits per heavy atom. The molecule has 0 spiro atoms. The topological polar surface area (TPSA) is 38.3 Å². The van der Waals surface area contributed by atoms with Crippen LogP contribution in [0.25, 0.3) is 0 Å². The Kier molecular flexibility index (Phi) is 4.00. The van der Waals surface area contributed by atoms with Crippen molar-refractivity contribution in [2.75, 3.05) is 0 Å². The molecule has 0 heterocycles. The molecule has 0 radical (unpaired) electrons. The van der Waals surface area contributed by atoms with Gasteiger partial charge < -0.3 is 10.1 Å². The number of amides is 1. The molecule has 1 N–H and O–H groups in total. The van der Waals surface area contributed by atoms with E-state index in [4.69, 9.17) is 4.74 Å². The summed E-state index contributed by atoms with van der Waals surface area (Å²) >= 11 is 0. The van der Waals surface area contributed by atoms with E-state index in [1.807, 2.05) is 20.8 Å². The van der Waals surface area contributed by atoms with Gasteiger partial charge in [-0.2, -0.15) is 0 Å². The number of hydrogen-bond acceptors (Lipinski definition) is 2. The first-order chi connectivity index (χ1) is 6.87. The van der Waals surface area contributed by atoms with Crippen LogP contribution in [0, 0.1) is 5.92 Å². The van der Waals surface area contributed by atoms with Crippen molar-refractivity contribution < 1.29 is 9.53 Å². The quantitative estimate of drug-likeness (QED) is 0.727. The van der Waals surface area contributed by atoms with E-state index in [9.17, 15) is 4.79 Å². The summed E-state index contributed by atoms with van der Waals surface area (Å²) in [6.45, 7) is 7.92. The van der Waals surface area contributed by atoms with Crippen LogP contribution in [-0.2, 0) is 4.74 Å². The minimum Gasteiger partial charge on any atom is -0.444 e. The van der Waals surface area contributed by atoms with Crippen molar-refractivity contribution in [3.8, 4) is 0 Å². The molecule has 0 bridgehead atoms. The summed E-state index contributed by atoms with van der Waals surface area (Å²) in [5, 5.41) is 2.93. The Morgan fingerprint density at radius 3 is 2.20 bits per heavy atom. The van der Waals surface area contributed by atoms with Crippen molar-refractivity contribution in [1.82, 2.24) is 5.32 Å². The highest BCUT2D eigenvalue weighted by Crippen LogP contribution is 2.23. The average molecular weight is 213 g/mol. The van der Waals surface area contributed by atoms with Gasteiger partial charge in [0.25, 0.3) is 0 Å². The Labute approximate surface area is 92.6 Å². The Bertz CT molecular complexity index is 212. The van der Waals surface area contributed by atoms with Crippen molar-refractivity contribution in [3.63, 3.8) is 0 Å². The van der Waals surface area contributed by atoms with Crippen LogP contribution in [0.3, 0.4) is 0 Å². The van der Waals surface area contributed by atoms with Crippen LogP contribution in [0.2, 0.25) is 0 Å². The van der Waals surface area contributed by atoms with Gasteiger partial charge in [-0.15, -0.1) is 0 Å². The van der Waals surface area contributed by atoms with Gasteiger partial charge in [-0.05, 0) is 52.4 Å². The predicted molar refractivity (Wildman–Crippen MR) is 60.8 cm³/mol. The van der Waals surface area contributed by atoms with Crippen molar-refractivity contribution in [1.29, 1.82) is 0 Å². The lowest BCUT2D eigenvalue weighted by atomic mass is 9.87. The summed E-state index contributed by atoms with van der Waals surface area (Å²) in [5.41, 5.74) is -0.397. The Hall–Kier alpha value is -0.730. The van der Waals surface area contributed by atoms with Crippen LogP contribution in [0.15, 0.2) is 0 Å². The van der Waals surface area contributed by atoms with Crippen molar-refractivity contribution in [2.24, 2.45) is 5.92 Å². The molecule has 1 saturated carbocycles. The molecule has 0 atom stereocenters. The first-order valence-corrected chi connectivity index (χ1v) is 5.86. The van der Waals surface area contributed by atoms with Crippen LogP contribution in [0.1, 0.15) is 53.4 Å². The van der Waals surface area contributed by atoms with E-state index in [1.165, 1.54) is 12.8 Å². The third-order valence-electron chi connectivity index (χ3n) is 2.74. The standard InChI is InChI=1S/C12H23NO2/c1-9-5-7-10(8-6-9)13-11(14)15-12(2,3)4/h9-10H,5-8H2,1-4H3,(H,13,14)/t9-,10-. The van der Waals surface area contributed by atoms with Gasteiger partial charge in [-0.25, -0.2) is 4.79 Å². The van der Waals surface area contributed by atoms with Crippen LogP contribution >= 0.6 is 0 Å². The highest BCUT2D eigenvalue weighted by Gasteiger charge is 2.22. The zero-order valence-electron chi connectivity index (χ0n) is 10.3. The molecule has 1 fully saturated rings. The van der Waals surface area contributed by atoms with Crippen molar-refractivity contribution in [3.05, 3.63) is 0 Å². The van der Waals surface area contributed by atoms with Crippen LogP contribution in [0.5, 0.6) is 0 Å². The van der Waals surface area contributed by atoms with E-state index in [2.05, 4.69) is 12.2 Å². The maximum absolute atomic E-state index is 11.5. The molecule has 1 rings (SSSR count). The second kappa shape index (κ2) is 4.86. The van der Waals surface area contributed by atoms with Gasteiger partial charge in [0.1, 0.15) is 5.60 Å². The third-order valence-corrected chi connectivity index (χ3v) is 2.74. The van der Waals surface area contributed by atoms with Gasteiger partial charge in [0.2, 0.25) is 0 Å². The fraction of sp³-hybridized carbons (Fsp3) is 0.917. The molecule has 0 aromatic heterocycles. The van der Waals surface area contributed by atoms with Crippen molar-refractivity contribution >= 4 is 6.09 Å². The summed E-state index contributed by atoms with van der Waals surface area (Å²) in [6.07, 6.45) is 4.31. The van der Waals surface area contributed by atoms with Gasteiger partial charge in [0.05, 0.1) is 0 Å². The van der Waals surface area contributed by atoms with Crippen LogP contribution in [0.4, 0.5) is 4.79 Å². The summed E-state index contributed by atoms with van der Waals surface area (Å²) in [5.74, 6) is 0.807. The molecule has 1 aliphatic carbocycles. The fourth-order valence-corrected chi connectivity index (χ4v) is 1.88. The molecule has 3 heteroatoms.